The Kier molecular flexibility index (Phi) is 5.19. The van der Waals surface area contributed by atoms with E-state index < -0.39 is 12.0 Å². The number of aromatic carboxylic acids is 1. The third kappa shape index (κ3) is 3.87. The molecule has 0 radical (unpaired) electrons. The molecule has 114 valence electrons. The maximum Gasteiger partial charge on any atom is 0.335 e. The quantitative estimate of drug-likeness (QED) is 0.637. The lowest BCUT2D eigenvalue weighted by atomic mass is 10.0. The SMILES string of the molecule is N[C@@H](CS)C(=O)Nc1ccc(-c2cccc(C(=O)O)c2)cc1. The molecule has 0 aliphatic heterocycles. The van der Waals surface area contributed by atoms with Gasteiger partial charge in [0.25, 0.3) is 0 Å². The van der Waals surface area contributed by atoms with Gasteiger partial charge in [-0.3, -0.25) is 4.79 Å². The summed E-state index contributed by atoms with van der Waals surface area (Å²) >= 11 is 3.98. The Morgan fingerprint density at radius 3 is 2.41 bits per heavy atom. The van der Waals surface area contributed by atoms with Crippen LogP contribution in [0.25, 0.3) is 11.1 Å². The number of benzene rings is 2. The van der Waals surface area contributed by atoms with E-state index in [1.165, 1.54) is 0 Å². The van der Waals surface area contributed by atoms with Gasteiger partial charge in [0.05, 0.1) is 11.6 Å². The molecule has 0 spiro atoms. The van der Waals surface area contributed by atoms with Gasteiger partial charge in [0.1, 0.15) is 0 Å². The highest BCUT2D eigenvalue weighted by Crippen LogP contribution is 2.22. The zero-order chi connectivity index (χ0) is 16.1. The zero-order valence-electron chi connectivity index (χ0n) is 11.7. The van der Waals surface area contributed by atoms with E-state index in [2.05, 4.69) is 17.9 Å². The van der Waals surface area contributed by atoms with Gasteiger partial charge in [-0.2, -0.15) is 12.6 Å². The normalized spacial score (nSPS) is 11.7. The number of nitrogens with one attached hydrogen (secondary N) is 1. The lowest BCUT2D eigenvalue weighted by Crippen LogP contribution is -2.37. The topological polar surface area (TPSA) is 92.4 Å². The third-order valence-electron chi connectivity index (χ3n) is 3.13. The first-order valence-corrected chi connectivity index (χ1v) is 7.25. The van der Waals surface area contributed by atoms with Crippen LogP contribution in [0.15, 0.2) is 48.5 Å². The fraction of sp³-hybridized carbons (Fsp3) is 0.125. The average molecular weight is 316 g/mol. The van der Waals surface area contributed by atoms with E-state index >= 15 is 0 Å². The van der Waals surface area contributed by atoms with Gasteiger partial charge in [0, 0.05) is 11.4 Å². The number of hydrogen-bond donors (Lipinski definition) is 4. The van der Waals surface area contributed by atoms with Crippen molar-refractivity contribution in [3.05, 3.63) is 54.1 Å². The molecule has 5 nitrogen and oxygen atoms in total. The lowest BCUT2D eigenvalue weighted by Gasteiger charge is -2.10. The van der Waals surface area contributed by atoms with Crippen LogP contribution in [0, 0.1) is 0 Å². The Hall–Kier alpha value is -2.31. The second-order valence-corrected chi connectivity index (χ2v) is 5.11. The molecule has 2 aromatic carbocycles. The molecule has 0 fully saturated rings. The molecule has 0 unspecified atom stereocenters. The first kappa shape index (κ1) is 16.1. The second kappa shape index (κ2) is 7.11. The van der Waals surface area contributed by atoms with Crippen LogP contribution in [0.1, 0.15) is 10.4 Å². The van der Waals surface area contributed by atoms with Crippen LogP contribution in [0.5, 0.6) is 0 Å². The van der Waals surface area contributed by atoms with Gasteiger partial charge in [0.2, 0.25) is 5.91 Å². The maximum absolute atomic E-state index is 11.7. The van der Waals surface area contributed by atoms with Crippen molar-refractivity contribution in [3.63, 3.8) is 0 Å². The number of rotatable bonds is 5. The van der Waals surface area contributed by atoms with E-state index in [0.29, 0.717) is 5.69 Å². The van der Waals surface area contributed by atoms with E-state index in [1.54, 1.807) is 30.3 Å². The molecule has 2 aromatic rings. The van der Waals surface area contributed by atoms with Gasteiger partial charge < -0.3 is 16.2 Å². The standard InChI is InChI=1S/C16H16N2O3S/c17-14(9-22)15(19)18-13-6-4-10(5-7-13)11-2-1-3-12(8-11)16(20)21/h1-8,14,22H,9,17H2,(H,18,19)(H,20,21)/t14-/m0/s1. The molecule has 2 rings (SSSR count). The van der Waals surface area contributed by atoms with Gasteiger partial charge in [-0.25, -0.2) is 4.79 Å². The molecule has 1 amide bonds. The van der Waals surface area contributed by atoms with Crippen LogP contribution in [0.3, 0.4) is 0 Å². The summed E-state index contributed by atoms with van der Waals surface area (Å²) in [6, 6.07) is 13.1. The third-order valence-corrected chi connectivity index (χ3v) is 3.52. The van der Waals surface area contributed by atoms with Crippen LogP contribution in [0.2, 0.25) is 0 Å². The number of nitrogens with two attached hydrogens (primary N) is 1. The summed E-state index contributed by atoms with van der Waals surface area (Å²) in [6.07, 6.45) is 0. The number of anilines is 1. The number of carboxylic acids is 1. The molecule has 0 bridgehead atoms. The first-order valence-electron chi connectivity index (χ1n) is 6.62. The van der Waals surface area contributed by atoms with Crippen molar-refractivity contribution in [2.45, 2.75) is 6.04 Å². The molecule has 0 saturated carbocycles. The highest BCUT2D eigenvalue weighted by Gasteiger charge is 2.11. The molecule has 0 aliphatic rings. The smallest absolute Gasteiger partial charge is 0.335 e. The Bertz CT molecular complexity index is 686. The van der Waals surface area contributed by atoms with Crippen molar-refractivity contribution in [1.82, 2.24) is 0 Å². The zero-order valence-corrected chi connectivity index (χ0v) is 12.6. The second-order valence-electron chi connectivity index (χ2n) is 4.74. The van der Waals surface area contributed by atoms with E-state index in [0.717, 1.165) is 11.1 Å². The molecule has 4 N–H and O–H groups in total. The van der Waals surface area contributed by atoms with E-state index in [9.17, 15) is 9.59 Å². The van der Waals surface area contributed by atoms with Gasteiger partial charge in [0.15, 0.2) is 0 Å². The van der Waals surface area contributed by atoms with Gasteiger partial charge in [-0.1, -0.05) is 24.3 Å². The minimum absolute atomic E-state index is 0.231. The Morgan fingerprint density at radius 2 is 1.82 bits per heavy atom. The van der Waals surface area contributed by atoms with Crippen LogP contribution >= 0.6 is 12.6 Å². The van der Waals surface area contributed by atoms with Crippen molar-refractivity contribution in [1.29, 1.82) is 0 Å². The van der Waals surface area contributed by atoms with E-state index in [-0.39, 0.29) is 17.2 Å². The fourth-order valence-corrected chi connectivity index (χ4v) is 2.06. The molecular formula is C16H16N2O3S. The van der Waals surface area contributed by atoms with Gasteiger partial charge in [-0.05, 0) is 35.4 Å². The fourth-order valence-electron chi connectivity index (χ4n) is 1.90. The van der Waals surface area contributed by atoms with Gasteiger partial charge in [-0.15, -0.1) is 0 Å². The minimum Gasteiger partial charge on any atom is -0.478 e. The van der Waals surface area contributed by atoms with E-state index in [1.807, 2.05) is 18.2 Å². The minimum atomic E-state index is -0.966. The summed E-state index contributed by atoms with van der Waals surface area (Å²) in [5.41, 5.74) is 8.10. The Labute approximate surface area is 133 Å². The van der Waals surface area contributed by atoms with Gasteiger partial charge >= 0.3 is 5.97 Å². The molecule has 0 aliphatic carbocycles. The number of amides is 1. The van der Waals surface area contributed by atoms with Crippen LogP contribution in [-0.4, -0.2) is 28.8 Å². The lowest BCUT2D eigenvalue weighted by molar-refractivity contribution is -0.116. The summed E-state index contributed by atoms with van der Waals surface area (Å²) in [7, 11) is 0. The summed E-state index contributed by atoms with van der Waals surface area (Å²) in [4.78, 5) is 22.7. The van der Waals surface area contributed by atoms with E-state index in [4.69, 9.17) is 10.8 Å². The average Bonchev–Trinajstić information content (AvgIpc) is 2.54. The maximum atomic E-state index is 11.7. The molecule has 1 atom stereocenters. The predicted molar refractivity (Wildman–Crippen MR) is 89.3 cm³/mol. The molecule has 22 heavy (non-hydrogen) atoms. The number of hydrogen-bond acceptors (Lipinski definition) is 4. The number of thiol groups is 1. The molecule has 0 saturated heterocycles. The molecule has 6 heteroatoms. The molecule has 0 aromatic heterocycles. The monoisotopic (exact) mass is 316 g/mol. The van der Waals surface area contributed by atoms with Crippen molar-refractivity contribution in [2.24, 2.45) is 5.73 Å². The first-order chi connectivity index (χ1) is 10.5. The number of carbonyl (C=O) groups excluding carboxylic acids is 1. The van der Waals surface area contributed by atoms with Crippen molar-refractivity contribution in [2.75, 3.05) is 11.1 Å². The summed E-state index contributed by atoms with van der Waals surface area (Å²) in [5.74, 6) is -0.992. The van der Waals surface area contributed by atoms with Crippen molar-refractivity contribution in [3.8, 4) is 11.1 Å². The van der Waals surface area contributed by atoms with Crippen molar-refractivity contribution >= 4 is 30.2 Å². The van der Waals surface area contributed by atoms with Crippen LogP contribution in [-0.2, 0) is 4.79 Å². The Morgan fingerprint density at radius 1 is 1.14 bits per heavy atom. The highest BCUT2D eigenvalue weighted by atomic mass is 32.1. The summed E-state index contributed by atoms with van der Waals surface area (Å²) < 4.78 is 0. The van der Waals surface area contributed by atoms with Crippen LogP contribution < -0.4 is 11.1 Å². The predicted octanol–water partition coefficient (Wildman–Crippen LogP) is 2.25. The number of carbonyl (C=O) groups is 2. The number of carboxylic acid groups (broad SMARTS) is 1. The van der Waals surface area contributed by atoms with Crippen molar-refractivity contribution < 1.29 is 14.7 Å². The summed E-state index contributed by atoms with van der Waals surface area (Å²) in [5, 5.41) is 11.7. The molecule has 0 heterocycles. The largest absolute Gasteiger partial charge is 0.478 e. The summed E-state index contributed by atoms with van der Waals surface area (Å²) in [6.45, 7) is 0. The Balaban J connectivity index is 2.17. The highest BCUT2D eigenvalue weighted by molar-refractivity contribution is 7.80. The molecular weight excluding hydrogens is 300 g/mol. The van der Waals surface area contributed by atoms with Crippen LogP contribution in [0.4, 0.5) is 5.69 Å².